The van der Waals surface area contributed by atoms with E-state index in [-0.39, 0.29) is 6.61 Å². The van der Waals surface area contributed by atoms with Gasteiger partial charge in [-0.25, -0.2) is 15.8 Å². The Balaban J connectivity index is 2.07. The number of nitrogens with zero attached hydrogens (tertiary/aromatic N) is 4. The van der Waals surface area contributed by atoms with Crippen LogP contribution in [0.2, 0.25) is 0 Å². The Morgan fingerprint density at radius 2 is 2.16 bits per heavy atom. The summed E-state index contributed by atoms with van der Waals surface area (Å²) in [4.78, 5) is 13.2. The van der Waals surface area contributed by atoms with Crippen molar-refractivity contribution >= 4 is 11.6 Å². The highest BCUT2D eigenvalue weighted by Crippen LogP contribution is 2.17. The van der Waals surface area contributed by atoms with Gasteiger partial charge in [0.15, 0.2) is 0 Å². The number of aryl methyl sites for hydroxylation is 1. The molecule has 1 aromatic rings. The molecule has 0 bridgehead atoms. The molecule has 0 aliphatic carbocycles. The second-order valence-electron chi connectivity index (χ2n) is 4.71. The van der Waals surface area contributed by atoms with Crippen molar-refractivity contribution in [3.05, 3.63) is 11.9 Å². The first-order valence-electron chi connectivity index (χ1n) is 6.63. The fourth-order valence-electron chi connectivity index (χ4n) is 2.35. The minimum Gasteiger partial charge on any atom is -0.395 e. The molecule has 19 heavy (non-hydrogen) atoms. The molecule has 0 unspecified atom stereocenters. The third-order valence-corrected chi connectivity index (χ3v) is 3.30. The van der Waals surface area contributed by atoms with Crippen LogP contribution >= 0.6 is 0 Å². The van der Waals surface area contributed by atoms with Crippen molar-refractivity contribution in [2.75, 3.05) is 49.7 Å². The number of anilines is 2. The van der Waals surface area contributed by atoms with Gasteiger partial charge in [-0.05, 0) is 19.9 Å². The van der Waals surface area contributed by atoms with Crippen molar-refractivity contribution < 1.29 is 5.11 Å². The average Bonchev–Trinajstić information content (AvgIpc) is 2.64. The molecule has 7 nitrogen and oxygen atoms in total. The number of nitrogen functional groups attached to an aromatic ring is 1. The van der Waals surface area contributed by atoms with Crippen molar-refractivity contribution in [2.24, 2.45) is 5.84 Å². The van der Waals surface area contributed by atoms with Gasteiger partial charge in [0.05, 0.1) is 6.61 Å². The van der Waals surface area contributed by atoms with Gasteiger partial charge in [-0.1, -0.05) is 0 Å². The molecular weight excluding hydrogens is 244 g/mol. The van der Waals surface area contributed by atoms with Crippen molar-refractivity contribution in [3.63, 3.8) is 0 Å². The van der Waals surface area contributed by atoms with Crippen LogP contribution in [0.4, 0.5) is 11.6 Å². The van der Waals surface area contributed by atoms with Gasteiger partial charge >= 0.3 is 0 Å². The van der Waals surface area contributed by atoms with Gasteiger partial charge in [0.2, 0.25) is 0 Å². The maximum atomic E-state index is 9.00. The molecule has 0 radical (unpaired) electrons. The number of aliphatic hydroxyl groups excluding tert-OH is 1. The molecule has 0 aromatic carbocycles. The third kappa shape index (κ3) is 3.76. The SMILES string of the molecule is Cc1nc(NN)cc(N2CCCN(CCO)CC2)n1. The molecule has 1 aliphatic heterocycles. The fourth-order valence-corrected chi connectivity index (χ4v) is 2.35. The third-order valence-electron chi connectivity index (χ3n) is 3.30. The summed E-state index contributed by atoms with van der Waals surface area (Å²) in [5, 5.41) is 9.00. The van der Waals surface area contributed by atoms with E-state index in [0.717, 1.165) is 45.0 Å². The predicted octanol–water partition coefficient (Wildman–Crippen LogP) is -0.425. The number of nitrogens with one attached hydrogen (secondary N) is 1. The monoisotopic (exact) mass is 266 g/mol. The first-order chi connectivity index (χ1) is 9.22. The smallest absolute Gasteiger partial charge is 0.145 e. The van der Waals surface area contributed by atoms with Crippen LogP contribution in [0.1, 0.15) is 12.2 Å². The summed E-state index contributed by atoms with van der Waals surface area (Å²) in [6, 6.07) is 1.87. The van der Waals surface area contributed by atoms with E-state index in [2.05, 4.69) is 25.2 Å². The van der Waals surface area contributed by atoms with Gasteiger partial charge in [0, 0.05) is 32.2 Å². The van der Waals surface area contributed by atoms with Crippen molar-refractivity contribution in [2.45, 2.75) is 13.3 Å². The molecule has 1 aliphatic rings. The minimum atomic E-state index is 0.216. The normalized spacial score (nSPS) is 17.3. The summed E-state index contributed by atoms with van der Waals surface area (Å²) in [6.07, 6.45) is 1.06. The van der Waals surface area contributed by atoms with Gasteiger partial charge in [-0.3, -0.25) is 4.90 Å². The molecular formula is C12H22N6O. The van der Waals surface area contributed by atoms with Crippen LogP contribution < -0.4 is 16.2 Å². The van der Waals surface area contributed by atoms with E-state index < -0.39 is 0 Å². The summed E-state index contributed by atoms with van der Waals surface area (Å²) < 4.78 is 0. The van der Waals surface area contributed by atoms with E-state index in [0.29, 0.717) is 11.6 Å². The Hall–Kier alpha value is -1.44. The quantitative estimate of drug-likeness (QED) is 0.503. The first kappa shape index (κ1) is 14.0. The van der Waals surface area contributed by atoms with Crippen LogP contribution in [0, 0.1) is 6.92 Å². The molecule has 0 atom stereocenters. The maximum Gasteiger partial charge on any atom is 0.145 e. The van der Waals surface area contributed by atoms with Crippen LogP contribution in [0.3, 0.4) is 0 Å². The number of hydrogen-bond acceptors (Lipinski definition) is 7. The Kier molecular flexibility index (Phi) is 4.89. The van der Waals surface area contributed by atoms with E-state index in [1.807, 2.05) is 13.0 Å². The maximum absolute atomic E-state index is 9.00. The lowest BCUT2D eigenvalue weighted by molar-refractivity contribution is 0.204. The number of aromatic nitrogens is 2. The van der Waals surface area contributed by atoms with E-state index >= 15 is 0 Å². The Labute approximate surface area is 113 Å². The average molecular weight is 266 g/mol. The Morgan fingerprint density at radius 3 is 2.89 bits per heavy atom. The molecule has 2 heterocycles. The number of nitrogens with two attached hydrogens (primary N) is 1. The largest absolute Gasteiger partial charge is 0.395 e. The molecule has 0 saturated carbocycles. The lowest BCUT2D eigenvalue weighted by Gasteiger charge is -2.23. The number of rotatable bonds is 4. The van der Waals surface area contributed by atoms with Crippen LogP contribution in [0.15, 0.2) is 6.07 Å². The van der Waals surface area contributed by atoms with Crippen molar-refractivity contribution in [1.29, 1.82) is 0 Å². The van der Waals surface area contributed by atoms with Crippen LogP contribution in [-0.4, -0.2) is 59.3 Å². The zero-order valence-corrected chi connectivity index (χ0v) is 11.3. The fraction of sp³-hybridized carbons (Fsp3) is 0.667. The molecule has 0 spiro atoms. The van der Waals surface area contributed by atoms with Crippen LogP contribution in [-0.2, 0) is 0 Å². The Morgan fingerprint density at radius 1 is 1.32 bits per heavy atom. The number of hydrogen-bond donors (Lipinski definition) is 3. The van der Waals surface area contributed by atoms with Gasteiger partial charge < -0.3 is 15.4 Å². The number of aliphatic hydroxyl groups is 1. The molecule has 4 N–H and O–H groups in total. The molecule has 1 fully saturated rings. The summed E-state index contributed by atoms with van der Waals surface area (Å²) in [5.41, 5.74) is 2.57. The zero-order valence-electron chi connectivity index (χ0n) is 11.3. The van der Waals surface area contributed by atoms with Crippen LogP contribution in [0.5, 0.6) is 0 Å². The van der Waals surface area contributed by atoms with Crippen LogP contribution in [0.25, 0.3) is 0 Å². The lowest BCUT2D eigenvalue weighted by atomic mass is 10.3. The second kappa shape index (κ2) is 6.65. The summed E-state index contributed by atoms with van der Waals surface area (Å²) in [7, 11) is 0. The Bertz CT molecular complexity index is 413. The van der Waals surface area contributed by atoms with Crippen molar-refractivity contribution in [3.8, 4) is 0 Å². The van der Waals surface area contributed by atoms with E-state index in [1.54, 1.807) is 0 Å². The number of β-amino-alcohol motifs (C(OH)–C–C–N with tert-alkyl or cyclic N) is 1. The molecule has 1 aromatic heterocycles. The van der Waals surface area contributed by atoms with E-state index in [9.17, 15) is 0 Å². The zero-order chi connectivity index (χ0) is 13.7. The molecule has 0 amide bonds. The van der Waals surface area contributed by atoms with Gasteiger partial charge in [0.1, 0.15) is 17.5 Å². The number of hydrazine groups is 1. The van der Waals surface area contributed by atoms with Gasteiger partial charge in [-0.2, -0.15) is 0 Å². The molecule has 106 valence electrons. The highest BCUT2D eigenvalue weighted by atomic mass is 16.3. The second-order valence-corrected chi connectivity index (χ2v) is 4.71. The first-order valence-corrected chi connectivity index (χ1v) is 6.63. The predicted molar refractivity (Wildman–Crippen MR) is 74.9 cm³/mol. The van der Waals surface area contributed by atoms with E-state index in [4.69, 9.17) is 10.9 Å². The highest BCUT2D eigenvalue weighted by molar-refractivity contribution is 5.48. The standard InChI is InChI=1S/C12H22N6O/c1-10-14-11(16-13)9-12(15-10)18-4-2-3-17(5-6-18)7-8-19/h9,19H,2-8,13H2,1H3,(H,14,15,16). The molecule has 7 heteroatoms. The molecule has 2 rings (SSSR count). The van der Waals surface area contributed by atoms with E-state index in [1.165, 1.54) is 0 Å². The lowest BCUT2D eigenvalue weighted by Crippen LogP contribution is -2.33. The topological polar surface area (TPSA) is 90.5 Å². The summed E-state index contributed by atoms with van der Waals surface area (Å²) in [6.45, 7) is 6.64. The van der Waals surface area contributed by atoms with Gasteiger partial charge in [0.25, 0.3) is 0 Å². The summed E-state index contributed by atoms with van der Waals surface area (Å²) in [5.74, 6) is 7.67. The highest BCUT2D eigenvalue weighted by Gasteiger charge is 2.16. The van der Waals surface area contributed by atoms with Gasteiger partial charge in [-0.15, -0.1) is 0 Å². The minimum absolute atomic E-state index is 0.216. The van der Waals surface area contributed by atoms with Crippen molar-refractivity contribution in [1.82, 2.24) is 14.9 Å². The molecule has 1 saturated heterocycles. The summed E-state index contributed by atoms with van der Waals surface area (Å²) >= 11 is 0.